The van der Waals surface area contributed by atoms with E-state index in [1.807, 2.05) is 11.8 Å². The molecule has 1 aliphatic heterocycles. The van der Waals surface area contributed by atoms with Crippen molar-refractivity contribution in [2.75, 3.05) is 32.1 Å². The van der Waals surface area contributed by atoms with Gasteiger partial charge in [0.15, 0.2) is 5.96 Å². The van der Waals surface area contributed by atoms with Gasteiger partial charge in [-0.25, -0.2) is 0 Å². The van der Waals surface area contributed by atoms with Crippen LogP contribution in [0, 0.1) is 0 Å². The van der Waals surface area contributed by atoms with Crippen molar-refractivity contribution in [3.8, 4) is 0 Å². The van der Waals surface area contributed by atoms with Crippen LogP contribution in [0.2, 0.25) is 0 Å². The third-order valence-electron chi connectivity index (χ3n) is 4.82. The van der Waals surface area contributed by atoms with Gasteiger partial charge in [0.1, 0.15) is 0 Å². The molecule has 0 spiro atoms. The van der Waals surface area contributed by atoms with Crippen molar-refractivity contribution in [3.63, 3.8) is 0 Å². The van der Waals surface area contributed by atoms with Crippen LogP contribution in [0.4, 0.5) is 0 Å². The summed E-state index contributed by atoms with van der Waals surface area (Å²) in [6.07, 6.45) is 4.37. The van der Waals surface area contributed by atoms with E-state index in [-0.39, 0.29) is 4.75 Å². The van der Waals surface area contributed by atoms with E-state index in [1.54, 1.807) is 0 Å². The van der Waals surface area contributed by atoms with Crippen molar-refractivity contribution in [1.29, 1.82) is 0 Å². The van der Waals surface area contributed by atoms with Crippen LogP contribution < -0.4 is 10.6 Å². The van der Waals surface area contributed by atoms with Gasteiger partial charge in [-0.05, 0) is 50.8 Å². The number of thioether (sulfide) groups is 1. The molecule has 4 nitrogen and oxygen atoms in total. The third-order valence-corrected chi connectivity index (χ3v) is 6.25. The Balaban J connectivity index is 1.90. The molecule has 2 N–H and O–H groups in total. The Morgan fingerprint density at radius 2 is 1.96 bits per heavy atom. The molecule has 5 heteroatoms. The number of nitrogens with one attached hydrogen (secondary N) is 2. The molecule has 0 amide bonds. The first-order chi connectivity index (χ1) is 12.7. The molecule has 1 atom stereocenters. The van der Waals surface area contributed by atoms with Gasteiger partial charge in [-0.2, -0.15) is 11.8 Å². The molecule has 2 rings (SSSR count). The lowest BCUT2D eigenvalue weighted by Gasteiger charge is -2.35. The van der Waals surface area contributed by atoms with E-state index in [9.17, 15) is 0 Å². The highest BCUT2D eigenvalue weighted by molar-refractivity contribution is 8.00. The molecule has 1 fully saturated rings. The Morgan fingerprint density at radius 3 is 2.62 bits per heavy atom. The largest absolute Gasteiger partial charge is 0.381 e. The average molecular weight is 378 g/mol. The Bertz CT molecular complexity index is 524. The summed E-state index contributed by atoms with van der Waals surface area (Å²) < 4.78 is 5.81. The first-order valence-electron chi connectivity index (χ1n) is 9.98. The molecule has 1 heterocycles. The van der Waals surface area contributed by atoms with Crippen LogP contribution in [0.3, 0.4) is 0 Å². The average Bonchev–Trinajstić information content (AvgIpc) is 2.67. The highest BCUT2D eigenvalue weighted by Crippen LogP contribution is 2.35. The van der Waals surface area contributed by atoms with Crippen molar-refractivity contribution in [3.05, 3.63) is 35.9 Å². The Morgan fingerprint density at radius 1 is 1.23 bits per heavy atom. The summed E-state index contributed by atoms with van der Waals surface area (Å²) in [4.78, 5) is 4.94. The van der Waals surface area contributed by atoms with Crippen molar-refractivity contribution in [1.82, 2.24) is 10.6 Å². The molecule has 1 saturated heterocycles. The lowest BCUT2D eigenvalue weighted by molar-refractivity contribution is 0.0793. The van der Waals surface area contributed by atoms with Crippen LogP contribution in [0.5, 0.6) is 0 Å². The minimum absolute atomic E-state index is 0.239. The van der Waals surface area contributed by atoms with E-state index in [1.165, 1.54) is 5.56 Å². The molecule has 1 unspecified atom stereocenters. The lowest BCUT2D eigenvalue weighted by Crippen LogP contribution is -2.44. The number of rotatable bonds is 9. The smallest absolute Gasteiger partial charge is 0.191 e. The van der Waals surface area contributed by atoms with Crippen LogP contribution in [0.25, 0.3) is 0 Å². The molecular weight excluding hydrogens is 342 g/mol. The molecule has 26 heavy (non-hydrogen) atoms. The number of hydrogen-bond acceptors (Lipinski definition) is 3. The highest BCUT2D eigenvalue weighted by atomic mass is 32.2. The molecule has 0 radical (unpaired) electrons. The fourth-order valence-electron chi connectivity index (χ4n) is 3.27. The van der Waals surface area contributed by atoms with Gasteiger partial charge in [-0.3, -0.25) is 4.99 Å². The number of benzene rings is 1. The number of guanidine groups is 1. The molecule has 1 aromatic carbocycles. The summed E-state index contributed by atoms with van der Waals surface area (Å²) in [6.45, 7) is 10.1. The first-order valence-corrected chi connectivity index (χ1v) is 11.0. The Hall–Kier alpha value is -1.20. The number of aliphatic imine (C=N–C) groups is 1. The Kier molecular flexibility index (Phi) is 9.33. The molecule has 0 aromatic heterocycles. The number of hydrogen-bond donors (Lipinski definition) is 2. The summed E-state index contributed by atoms with van der Waals surface area (Å²) in [5, 5.41) is 6.99. The lowest BCUT2D eigenvalue weighted by atomic mass is 9.99. The predicted molar refractivity (Wildman–Crippen MR) is 114 cm³/mol. The summed E-state index contributed by atoms with van der Waals surface area (Å²) in [5.74, 6) is 2.07. The fraction of sp³-hybridized carbons (Fsp3) is 0.667. The Labute approximate surface area is 163 Å². The van der Waals surface area contributed by atoms with Crippen LogP contribution in [-0.4, -0.2) is 48.8 Å². The standard InChI is InChI=1S/C21H35N3OS/c1-4-22-20(23-17-21(26-5-2)13-15-25-16-14-21)24-18(3)11-12-19-9-7-6-8-10-19/h6-10,18H,4-5,11-17H2,1-3H3,(H2,22,23,24). The van der Waals surface area contributed by atoms with Gasteiger partial charge >= 0.3 is 0 Å². The van der Waals surface area contributed by atoms with Gasteiger partial charge in [0, 0.05) is 30.5 Å². The minimum Gasteiger partial charge on any atom is -0.381 e. The fourth-order valence-corrected chi connectivity index (χ4v) is 4.50. The zero-order valence-electron chi connectivity index (χ0n) is 16.6. The minimum atomic E-state index is 0.239. The molecule has 1 aromatic rings. The summed E-state index contributed by atoms with van der Waals surface area (Å²) in [5.41, 5.74) is 1.39. The normalized spacial score (nSPS) is 18.3. The van der Waals surface area contributed by atoms with Crippen LogP contribution in [0.1, 0.15) is 45.6 Å². The van der Waals surface area contributed by atoms with Gasteiger partial charge in [0.2, 0.25) is 0 Å². The summed E-state index contributed by atoms with van der Waals surface area (Å²) in [7, 11) is 0. The second kappa shape index (κ2) is 11.5. The summed E-state index contributed by atoms with van der Waals surface area (Å²) in [6, 6.07) is 11.1. The second-order valence-electron chi connectivity index (χ2n) is 6.99. The third kappa shape index (κ3) is 7.20. The zero-order chi connectivity index (χ0) is 18.7. The van der Waals surface area contributed by atoms with Crippen molar-refractivity contribution < 1.29 is 4.74 Å². The number of ether oxygens (including phenoxy) is 1. The van der Waals surface area contributed by atoms with Crippen LogP contribution in [0.15, 0.2) is 35.3 Å². The molecule has 0 aliphatic carbocycles. The second-order valence-corrected chi connectivity index (χ2v) is 8.73. The maximum Gasteiger partial charge on any atom is 0.191 e. The first kappa shape index (κ1) is 21.1. The van der Waals surface area contributed by atoms with Crippen LogP contribution in [-0.2, 0) is 11.2 Å². The highest BCUT2D eigenvalue weighted by Gasteiger charge is 2.32. The van der Waals surface area contributed by atoms with Gasteiger partial charge in [0.05, 0.1) is 6.54 Å². The van der Waals surface area contributed by atoms with Crippen LogP contribution >= 0.6 is 11.8 Å². The number of nitrogens with zero attached hydrogens (tertiary/aromatic N) is 1. The van der Waals surface area contributed by atoms with E-state index in [4.69, 9.17) is 9.73 Å². The quantitative estimate of drug-likeness (QED) is 0.507. The molecule has 146 valence electrons. The molecule has 1 aliphatic rings. The molecule has 0 saturated carbocycles. The number of aryl methyl sites for hydroxylation is 1. The molecular formula is C21H35N3OS. The van der Waals surface area contributed by atoms with Gasteiger partial charge < -0.3 is 15.4 Å². The maximum absolute atomic E-state index is 5.57. The van der Waals surface area contributed by atoms with Crippen molar-refractivity contribution in [2.45, 2.75) is 57.2 Å². The van der Waals surface area contributed by atoms with E-state index < -0.39 is 0 Å². The van der Waals surface area contributed by atoms with Crippen molar-refractivity contribution in [2.24, 2.45) is 4.99 Å². The summed E-state index contributed by atoms with van der Waals surface area (Å²) >= 11 is 2.04. The topological polar surface area (TPSA) is 45.7 Å². The SMILES string of the molecule is CCNC(=NCC1(SCC)CCOCC1)NC(C)CCc1ccccc1. The predicted octanol–water partition coefficient (Wildman–Crippen LogP) is 3.87. The van der Waals surface area contributed by atoms with E-state index >= 15 is 0 Å². The van der Waals surface area contributed by atoms with E-state index in [2.05, 4.69) is 61.7 Å². The van der Waals surface area contributed by atoms with E-state index in [0.29, 0.717) is 6.04 Å². The van der Waals surface area contributed by atoms with Gasteiger partial charge in [-0.1, -0.05) is 37.3 Å². The monoisotopic (exact) mass is 377 g/mol. The van der Waals surface area contributed by atoms with E-state index in [0.717, 1.165) is 63.7 Å². The zero-order valence-corrected chi connectivity index (χ0v) is 17.4. The van der Waals surface area contributed by atoms with Gasteiger partial charge in [-0.15, -0.1) is 0 Å². The molecule has 0 bridgehead atoms. The maximum atomic E-state index is 5.57. The van der Waals surface area contributed by atoms with Gasteiger partial charge in [0.25, 0.3) is 0 Å². The van der Waals surface area contributed by atoms with Crippen molar-refractivity contribution >= 4 is 17.7 Å².